The topological polar surface area (TPSA) is 248 Å². The molecule has 0 saturated carbocycles. The van der Waals surface area contributed by atoms with E-state index in [1.54, 1.807) is 36.4 Å². The van der Waals surface area contributed by atoms with E-state index in [1.807, 2.05) is 0 Å². The summed E-state index contributed by atoms with van der Waals surface area (Å²) in [6, 6.07) is 9.61. The maximum atomic E-state index is 11.7. The number of unbranched alkanes of at least 4 members (excludes halogenated alkanes) is 4. The van der Waals surface area contributed by atoms with Gasteiger partial charge in [0.25, 0.3) is 0 Å². The van der Waals surface area contributed by atoms with Gasteiger partial charge in [-0.15, -0.1) is 0 Å². The zero-order valence-electron chi connectivity index (χ0n) is 34.1. The van der Waals surface area contributed by atoms with E-state index in [9.17, 15) is 17.5 Å². The molecule has 2 heterocycles. The molecular weight excluding hydrogens is 807 g/mol. The number of anilines is 8. The molecule has 58 heavy (non-hydrogen) atoms. The Labute approximate surface area is 389 Å². The van der Waals surface area contributed by atoms with Crippen LogP contribution in [0.25, 0.3) is 12.2 Å². The second-order valence-corrected chi connectivity index (χ2v) is 13.5. The summed E-state index contributed by atoms with van der Waals surface area (Å²) in [6.07, 6.45) is 10.9. The Kier molecular flexibility index (Phi) is 24.9. The molecule has 0 amide bonds. The minimum absolute atomic E-state index is 0. The van der Waals surface area contributed by atoms with Gasteiger partial charge in [-0.2, -0.15) is 29.9 Å². The summed E-state index contributed by atoms with van der Waals surface area (Å²) in [5.41, 5.74) is 1.62. The molecule has 2 unspecified atom stereocenters. The van der Waals surface area contributed by atoms with Crippen LogP contribution in [0.1, 0.15) is 90.2 Å². The first-order valence-corrected chi connectivity index (χ1v) is 20.7. The van der Waals surface area contributed by atoms with Crippen LogP contribution in [0.2, 0.25) is 0 Å². The van der Waals surface area contributed by atoms with Gasteiger partial charge < -0.3 is 49.4 Å². The maximum absolute atomic E-state index is 11.7. The second-order valence-electron chi connectivity index (χ2n) is 12.4. The molecule has 0 radical (unpaired) electrons. The van der Waals surface area contributed by atoms with Crippen LogP contribution in [-0.2, 0) is 22.7 Å². The van der Waals surface area contributed by atoms with Gasteiger partial charge in [0.2, 0.25) is 35.7 Å². The zero-order chi connectivity index (χ0) is 40.1. The predicted octanol–water partition coefficient (Wildman–Crippen LogP) is 0.916. The van der Waals surface area contributed by atoms with Crippen molar-refractivity contribution in [1.29, 1.82) is 0 Å². The van der Waals surface area contributed by atoms with Crippen LogP contribution in [0.4, 0.5) is 47.1 Å². The van der Waals surface area contributed by atoms with Gasteiger partial charge in [-0.25, -0.2) is 8.42 Å². The summed E-state index contributed by atoms with van der Waals surface area (Å²) < 4.78 is 57.1. The average molecular weight is 857 g/mol. The van der Waals surface area contributed by atoms with Crippen LogP contribution in [0.15, 0.2) is 36.4 Å². The minimum atomic E-state index is -2.90. The van der Waals surface area contributed by atoms with Gasteiger partial charge in [-0.1, -0.05) is 65.5 Å². The Hall–Kier alpha value is -3.18. The molecule has 0 aliphatic rings. The third kappa shape index (κ3) is 18.4. The molecule has 304 valence electrons. The first-order valence-electron chi connectivity index (χ1n) is 18.7. The van der Waals surface area contributed by atoms with Crippen LogP contribution >= 0.6 is 0 Å². The Morgan fingerprint density at radius 1 is 0.517 bits per heavy atom. The number of benzene rings is 2. The molecule has 0 aliphatic heterocycles. The standard InChI is InChI=1S/C36H52N12O6S2.2Na/c1-5-9-19-37-31-43-32(38-20-10-6-2)46-35(45-31)41-27-17-15-25(29(23-27)53-55(49)50)13-14-26-16-18-28(24-30(26)54-56(51)52)42-36-47-33(39-21-11-7-3)44-34(48-36)40-22-12-8-4;;/h13-18,23-24H,5-12,19-22H2,1-4H3,(H,49,50)(H,51,52)(H3,37,38,41,43,45,46)(H3,39,40,42,44,47,48);;/q;2*+1/p-2/b14-13+;;. The van der Waals surface area contributed by atoms with Crippen molar-refractivity contribution >= 4 is 81.9 Å². The van der Waals surface area contributed by atoms with Crippen molar-refractivity contribution in [1.82, 2.24) is 29.9 Å². The number of nitrogens with zero attached hydrogens (tertiary/aromatic N) is 6. The molecular formula is C36H50N12Na2O6S2. The molecule has 18 nitrogen and oxygen atoms in total. The van der Waals surface area contributed by atoms with Crippen molar-refractivity contribution in [3.8, 4) is 11.5 Å². The summed E-state index contributed by atoms with van der Waals surface area (Å²) >= 11 is -5.81. The molecule has 22 heteroatoms. The van der Waals surface area contributed by atoms with Crippen molar-refractivity contribution < 1.29 is 85.0 Å². The van der Waals surface area contributed by atoms with E-state index in [2.05, 4.69) is 89.5 Å². The molecule has 4 aromatic rings. The number of aromatic nitrogens is 6. The minimum Gasteiger partial charge on any atom is -0.740 e. The molecule has 0 bridgehead atoms. The molecule has 0 saturated heterocycles. The summed E-state index contributed by atoms with van der Waals surface area (Å²) in [5.74, 6) is 2.04. The van der Waals surface area contributed by atoms with Gasteiger partial charge in [-0.3, -0.25) is 0 Å². The summed E-state index contributed by atoms with van der Waals surface area (Å²) in [5, 5.41) is 19.0. The normalized spacial score (nSPS) is 11.8. The summed E-state index contributed by atoms with van der Waals surface area (Å²) in [6.45, 7) is 11.1. The molecule has 0 spiro atoms. The monoisotopic (exact) mass is 856 g/mol. The van der Waals surface area contributed by atoms with Crippen molar-refractivity contribution in [3.05, 3.63) is 47.5 Å². The van der Waals surface area contributed by atoms with Crippen LogP contribution in [0.3, 0.4) is 0 Å². The summed E-state index contributed by atoms with van der Waals surface area (Å²) in [4.78, 5) is 26.8. The zero-order valence-corrected chi connectivity index (χ0v) is 39.7. The van der Waals surface area contributed by atoms with Gasteiger partial charge in [0, 0.05) is 60.8 Å². The van der Waals surface area contributed by atoms with E-state index < -0.39 is 22.7 Å². The third-order valence-corrected chi connectivity index (χ3v) is 8.45. The molecule has 6 N–H and O–H groups in total. The molecule has 2 aromatic heterocycles. The Morgan fingerprint density at radius 3 is 1.09 bits per heavy atom. The van der Waals surface area contributed by atoms with Gasteiger partial charge >= 0.3 is 59.1 Å². The molecule has 0 aliphatic carbocycles. The Balaban J connectivity index is 0.00000580. The fraction of sp³-hybridized carbons (Fsp3) is 0.444. The first kappa shape index (κ1) is 51.0. The smallest absolute Gasteiger partial charge is 0.740 e. The van der Waals surface area contributed by atoms with Gasteiger partial charge in [0.1, 0.15) is 34.2 Å². The average Bonchev–Trinajstić information content (AvgIpc) is 3.15. The van der Waals surface area contributed by atoms with Crippen molar-refractivity contribution in [2.24, 2.45) is 0 Å². The fourth-order valence-electron chi connectivity index (χ4n) is 4.92. The summed E-state index contributed by atoms with van der Waals surface area (Å²) in [7, 11) is 0. The van der Waals surface area contributed by atoms with E-state index >= 15 is 0 Å². The van der Waals surface area contributed by atoms with E-state index in [0.717, 1.165) is 51.4 Å². The molecule has 0 fully saturated rings. The number of hydrogen-bond acceptors (Lipinski definition) is 18. The van der Waals surface area contributed by atoms with Crippen molar-refractivity contribution in [2.75, 3.05) is 58.1 Å². The van der Waals surface area contributed by atoms with Gasteiger partial charge in [0.15, 0.2) is 0 Å². The number of hydrogen-bond donors (Lipinski definition) is 6. The largest absolute Gasteiger partial charge is 1.00 e. The molecule has 4 rings (SSSR count). The second kappa shape index (κ2) is 28.3. The third-order valence-electron chi connectivity index (χ3n) is 7.82. The van der Waals surface area contributed by atoms with Gasteiger partial charge in [-0.05, 0) is 49.9 Å². The van der Waals surface area contributed by atoms with E-state index in [-0.39, 0.29) is 82.5 Å². The van der Waals surface area contributed by atoms with Crippen molar-refractivity contribution in [2.45, 2.75) is 79.1 Å². The van der Waals surface area contributed by atoms with E-state index in [0.29, 0.717) is 72.5 Å². The Morgan fingerprint density at radius 2 is 0.810 bits per heavy atom. The first-order chi connectivity index (χ1) is 27.2. The molecule has 2 atom stereocenters. The molecule has 2 aromatic carbocycles. The fourth-order valence-corrected chi connectivity index (χ4v) is 5.50. The SMILES string of the molecule is CCCCNc1nc(NCCCC)nc(Nc2ccc(/C=C/c3ccc(Nc4nc(NCCCC)nc(NCCCC)n4)cc3OS(=O)[O-])c(OS(=O)[O-])c2)n1.[Na+].[Na+]. The van der Waals surface area contributed by atoms with Crippen molar-refractivity contribution in [3.63, 3.8) is 0 Å². The maximum Gasteiger partial charge on any atom is 1.00 e. The van der Waals surface area contributed by atoms with Gasteiger partial charge in [0.05, 0.1) is 0 Å². The van der Waals surface area contributed by atoms with E-state index in [4.69, 9.17) is 8.37 Å². The Bertz CT molecular complexity index is 1740. The van der Waals surface area contributed by atoms with Crippen LogP contribution in [0, 0.1) is 0 Å². The number of nitrogens with one attached hydrogen (secondary N) is 6. The number of rotatable bonds is 26. The predicted molar refractivity (Wildman–Crippen MR) is 221 cm³/mol. The van der Waals surface area contributed by atoms with Crippen LogP contribution in [-0.4, -0.2) is 73.6 Å². The van der Waals surface area contributed by atoms with E-state index in [1.165, 1.54) is 12.1 Å². The van der Waals surface area contributed by atoms with Crippen LogP contribution < -0.4 is 99.4 Å². The quantitative estimate of drug-likeness (QED) is 0.0222. The van der Waals surface area contributed by atoms with Crippen LogP contribution in [0.5, 0.6) is 11.5 Å².